The predicted molar refractivity (Wildman–Crippen MR) is 96.4 cm³/mol. The van der Waals surface area contributed by atoms with Crippen molar-refractivity contribution in [1.82, 2.24) is 14.7 Å². The van der Waals surface area contributed by atoms with E-state index in [9.17, 15) is 17.2 Å². The average Bonchev–Trinajstić information content (AvgIpc) is 2.50. The van der Waals surface area contributed by atoms with Gasteiger partial charge >= 0.3 is 0 Å². The summed E-state index contributed by atoms with van der Waals surface area (Å²) in [4.78, 5) is 8.47. The van der Waals surface area contributed by atoms with Gasteiger partial charge in [-0.2, -0.15) is 4.98 Å². The van der Waals surface area contributed by atoms with Crippen LogP contribution in [0.15, 0.2) is 24.3 Å². The molecule has 2 rings (SSSR count). The van der Waals surface area contributed by atoms with Crippen molar-refractivity contribution < 1.29 is 17.2 Å². The number of hydrogen-bond donors (Lipinski definition) is 3. The largest absolute Gasteiger partial charge is 0.370 e. The lowest BCUT2D eigenvalue weighted by molar-refractivity contribution is 0.575. The van der Waals surface area contributed by atoms with Crippen molar-refractivity contribution >= 4 is 21.8 Å². The van der Waals surface area contributed by atoms with Crippen LogP contribution in [0.4, 0.5) is 20.5 Å². The maximum absolute atomic E-state index is 13.1. The Morgan fingerprint density at radius 3 is 2.35 bits per heavy atom. The van der Waals surface area contributed by atoms with Gasteiger partial charge in [-0.1, -0.05) is 0 Å². The Morgan fingerprint density at radius 1 is 1.00 bits per heavy atom. The first-order chi connectivity index (χ1) is 12.3. The summed E-state index contributed by atoms with van der Waals surface area (Å²) in [6, 6.07) is 4.47. The molecular formula is C16H21F2N5O2S. The van der Waals surface area contributed by atoms with Crippen molar-refractivity contribution in [3.8, 4) is 0 Å². The highest BCUT2D eigenvalue weighted by Gasteiger charge is 2.13. The summed E-state index contributed by atoms with van der Waals surface area (Å²) < 4.78 is 52.6. The van der Waals surface area contributed by atoms with E-state index in [1.54, 1.807) is 6.07 Å². The number of nitrogens with zero attached hydrogens (tertiary/aromatic N) is 2. The smallest absolute Gasteiger partial charge is 0.224 e. The minimum atomic E-state index is -3.72. The molecule has 0 aliphatic carbocycles. The van der Waals surface area contributed by atoms with E-state index in [1.165, 1.54) is 0 Å². The molecule has 0 atom stereocenters. The summed E-state index contributed by atoms with van der Waals surface area (Å²) in [5, 5.41) is 6.01. The number of nitrogens with one attached hydrogen (secondary N) is 3. The fraction of sp³-hybridized carbons (Fsp3) is 0.375. The van der Waals surface area contributed by atoms with Gasteiger partial charge < -0.3 is 10.6 Å². The minimum Gasteiger partial charge on any atom is -0.370 e. The lowest BCUT2D eigenvalue weighted by Crippen LogP contribution is -2.30. The molecule has 0 bridgehead atoms. The van der Waals surface area contributed by atoms with Crippen LogP contribution in [0, 0.1) is 18.6 Å². The van der Waals surface area contributed by atoms with Gasteiger partial charge in [0.15, 0.2) is 0 Å². The fourth-order valence-corrected chi connectivity index (χ4v) is 3.39. The highest BCUT2D eigenvalue weighted by molar-refractivity contribution is 7.88. The number of aryl methyl sites for hydroxylation is 1. The van der Waals surface area contributed by atoms with Crippen LogP contribution < -0.4 is 15.4 Å². The zero-order chi connectivity index (χ0) is 19.2. The summed E-state index contributed by atoms with van der Waals surface area (Å²) in [7, 11) is -3.72. The molecule has 1 aromatic carbocycles. The molecule has 0 fully saturated rings. The molecule has 0 spiro atoms. The van der Waals surface area contributed by atoms with E-state index in [0.29, 0.717) is 17.8 Å². The van der Waals surface area contributed by atoms with Crippen LogP contribution in [0.3, 0.4) is 0 Å². The number of aromatic nitrogens is 2. The Hall–Kier alpha value is -2.33. The van der Waals surface area contributed by atoms with Gasteiger partial charge in [0, 0.05) is 37.5 Å². The van der Waals surface area contributed by atoms with E-state index in [-0.39, 0.29) is 18.7 Å². The lowest BCUT2D eigenvalue weighted by atomic mass is 10.2. The third-order valence-electron chi connectivity index (χ3n) is 3.22. The number of halogens is 2. The van der Waals surface area contributed by atoms with Gasteiger partial charge in [-0.05, 0) is 31.5 Å². The molecule has 2 aromatic rings. The van der Waals surface area contributed by atoms with Crippen molar-refractivity contribution in [1.29, 1.82) is 0 Å². The Kier molecular flexibility index (Phi) is 6.81. The zero-order valence-electron chi connectivity index (χ0n) is 14.5. The standard InChI is InChI=1S/C16H21F2N5O2S/c1-3-19-15-6-11(2)22-16(23-15)20-4-5-21-26(24,25)10-12-7-13(17)9-14(18)8-12/h6-9,21H,3-5,10H2,1-2H3,(H2,19,20,22,23). The summed E-state index contributed by atoms with van der Waals surface area (Å²) in [5.74, 6) is -1.08. The van der Waals surface area contributed by atoms with Crippen molar-refractivity contribution in [3.63, 3.8) is 0 Å². The van der Waals surface area contributed by atoms with Crippen LogP contribution in [0.2, 0.25) is 0 Å². The van der Waals surface area contributed by atoms with Crippen LogP contribution in [0.25, 0.3) is 0 Å². The van der Waals surface area contributed by atoms with Crippen LogP contribution in [0.1, 0.15) is 18.2 Å². The second-order valence-corrected chi connectivity index (χ2v) is 7.41. The second-order valence-electron chi connectivity index (χ2n) is 5.61. The van der Waals surface area contributed by atoms with Gasteiger partial charge in [0.1, 0.15) is 17.5 Å². The van der Waals surface area contributed by atoms with Crippen molar-refractivity contribution in [3.05, 3.63) is 47.2 Å². The molecule has 0 aliphatic heterocycles. The van der Waals surface area contributed by atoms with Crippen LogP contribution >= 0.6 is 0 Å². The maximum Gasteiger partial charge on any atom is 0.224 e. The number of sulfonamides is 1. The number of anilines is 2. The third-order valence-corrected chi connectivity index (χ3v) is 4.58. The zero-order valence-corrected chi connectivity index (χ0v) is 15.3. The monoisotopic (exact) mass is 385 g/mol. The normalized spacial score (nSPS) is 11.4. The summed E-state index contributed by atoms with van der Waals surface area (Å²) in [5.41, 5.74) is 0.812. The molecule has 1 heterocycles. The molecule has 0 aliphatic rings. The van der Waals surface area contributed by atoms with E-state index in [0.717, 1.165) is 24.4 Å². The molecule has 0 radical (unpaired) electrons. The molecule has 0 saturated heterocycles. The maximum atomic E-state index is 13.1. The molecule has 142 valence electrons. The highest BCUT2D eigenvalue weighted by Crippen LogP contribution is 2.11. The van der Waals surface area contributed by atoms with Crippen LogP contribution in [0.5, 0.6) is 0 Å². The predicted octanol–water partition coefficient (Wildman–Crippen LogP) is 2.03. The van der Waals surface area contributed by atoms with Crippen molar-refractivity contribution in [2.45, 2.75) is 19.6 Å². The molecule has 0 saturated carbocycles. The molecule has 7 nitrogen and oxygen atoms in total. The van der Waals surface area contributed by atoms with E-state index in [1.807, 2.05) is 13.8 Å². The lowest BCUT2D eigenvalue weighted by Gasteiger charge is -2.10. The van der Waals surface area contributed by atoms with Crippen molar-refractivity contribution in [2.24, 2.45) is 0 Å². The van der Waals surface area contributed by atoms with Crippen LogP contribution in [-0.4, -0.2) is 38.0 Å². The topological polar surface area (TPSA) is 96.0 Å². The first-order valence-electron chi connectivity index (χ1n) is 8.03. The summed E-state index contributed by atoms with van der Waals surface area (Å²) >= 11 is 0. The molecule has 10 heteroatoms. The summed E-state index contributed by atoms with van der Waals surface area (Å²) in [6.45, 7) is 4.83. The Bertz CT molecular complexity index is 841. The van der Waals surface area contributed by atoms with E-state index >= 15 is 0 Å². The van der Waals surface area contributed by atoms with Gasteiger partial charge in [0.25, 0.3) is 0 Å². The first kappa shape index (κ1) is 20.0. The molecule has 3 N–H and O–H groups in total. The second kappa shape index (κ2) is 8.86. The van der Waals surface area contributed by atoms with Gasteiger partial charge in [-0.15, -0.1) is 0 Å². The Morgan fingerprint density at radius 2 is 1.69 bits per heavy atom. The molecule has 0 amide bonds. The SMILES string of the molecule is CCNc1cc(C)nc(NCCNS(=O)(=O)Cc2cc(F)cc(F)c2)n1. The van der Waals surface area contributed by atoms with Crippen molar-refractivity contribution in [2.75, 3.05) is 30.3 Å². The minimum absolute atomic E-state index is 0.0419. The first-order valence-corrected chi connectivity index (χ1v) is 9.68. The molecule has 26 heavy (non-hydrogen) atoms. The van der Waals surface area contributed by atoms with Gasteiger partial charge in [-0.3, -0.25) is 0 Å². The van der Waals surface area contributed by atoms with E-state index < -0.39 is 27.4 Å². The van der Waals surface area contributed by atoms with E-state index in [2.05, 4.69) is 25.3 Å². The molecule has 1 aromatic heterocycles. The van der Waals surface area contributed by atoms with Crippen LogP contribution in [-0.2, 0) is 15.8 Å². The molecule has 0 unspecified atom stereocenters. The number of benzene rings is 1. The number of hydrogen-bond acceptors (Lipinski definition) is 6. The average molecular weight is 385 g/mol. The molecular weight excluding hydrogens is 364 g/mol. The third kappa shape index (κ3) is 6.52. The van der Waals surface area contributed by atoms with Gasteiger partial charge in [0.2, 0.25) is 16.0 Å². The van der Waals surface area contributed by atoms with E-state index in [4.69, 9.17) is 0 Å². The Labute approximate surface area is 151 Å². The summed E-state index contributed by atoms with van der Waals surface area (Å²) in [6.07, 6.45) is 0. The fourth-order valence-electron chi connectivity index (χ4n) is 2.26. The highest BCUT2D eigenvalue weighted by atomic mass is 32.2. The van der Waals surface area contributed by atoms with Gasteiger partial charge in [0.05, 0.1) is 5.75 Å². The Balaban J connectivity index is 1.86. The number of rotatable bonds is 9. The van der Waals surface area contributed by atoms with Gasteiger partial charge in [-0.25, -0.2) is 26.9 Å². The quantitative estimate of drug-likeness (QED) is 0.572.